The summed E-state index contributed by atoms with van der Waals surface area (Å²) in [5.41, 5.74) is 1.86. The minimum absolute atomic E-state index is 0.793. The molecule has 0 atom stereocenters. The van der Waals surface area contributed by atoms with Crippen molar-refractivity contribution in [2.75, 3.05) is 25.0 Å². The molecular formula is C18H21BrN6. The molecule has 0 spiro atoms. The molecular weight excluding hydrogens is 380 g/mol. The van der Waals surface area contributed by atoms with Gasteiger partial charge in [0.15, 0.2) is 0 Å². The van der Waals surface area contributed by atoms with Crippen LogP contribution < -0.4 is 5.32 Å². The fourth-order valence-corrected chi connectivity index (χ4v) is 3.60. The lowest BCUT2D eigenvalue weighted by molar-refractivity contribution is 0.218. The van der Waals surface area contributed by atoms with Gasteiger partial charge in [0.2, 0.25) is 0 Å². The number of anilines is 2. The van der Waals surface area contributed by atoms with E-state index < -0.39 is 0 Å². The number of nitrogens with zero attached hydrogens (tertiary/aromatic N) is 5. The van der Waals surface area contributed by atoms with Crippen LogP contribution in [0.5, 0.6) is 0 Å². The maximum absolute atomic E-state index is 4.47. The number of likely N-dealkylation sites (tertiary alicyclic amines) is 1. The van der Waals surface area contributed by atoms with Crippen LogP contribution in [0.4, 0.5) is 11.5 Å². The van der Waals surface area contributed by atoms with E-state index >= 15 is 0 Å². The summed E-state index contributed by atoms with van der Waals surface area (Å²) in [5.74, 6) is 0.793. The van der Waals surface area contributed by atoms with Gasteiger partial charge in [0.1, 0.15) is 12.1 Å². The zero-order valence-electron chi connectivity index (χ0n) is 14.0. The molecule has 1 aromatic carbocycles. The first-order valence-electron chi connectivity index (χ1n) is 8.70. The van der Waals surface area contributed by atoms with Gasteiger partial charge in [0.25, 0.3) is 0 Å². The number of nitrogens with one attached hydrogen (secondary N) is 1. The van der Waals surface area contributed by atoms with Gasteiger partial charge in [-0.25, -0.2) is 9.97 Å². The van der Waals surface area contributed by atoms with Crippen molar-refractivity contribution in [3.63, 3.8) is 0 Å². The lowest BCUT2D eigenvalue weighted by atomic mass is 10.1. The van der Waals surface area contributed by atoms with Crippen molar-refractivity contribution in [3.8, 4) is 0 Å². The van der Waals surface area contributed by atoms with Crippen LogP contribution in [0.15, 0.2) is 41.4 Å². The minimum Gasteiger partial charge on any atom is -0.337 e. The zero-order chi connectivity index (χ0) is 17.1. The maximum atomic E-state index is 4.47. The Bertz CT molecular complexity index is 856. The van der Waals surface area contributed by atoms with Crippen molar-refractivity contribution in [1.82, 2.24) is 24.6 Å². The molecule has 3 heterocycles. The van der Waals surface area contributed by atoms with Gasteiger partial charge in [-0.2, -0.15) is 5.10 Å². The van der Waals surface area contributed by atoms with Crippen LogP contribution >= 0.6 is 15.9 Å². The summed E-state index contributed by atoms with van der Waals surface area (Å²) in [6.07, 6.45) is 9.48. The average molecular weight is 401 g/mol. The number of fused-ring (bicyclic) bond motifs is 1. The second-order valence-corrected chi connectivity index (χ2v) is 7.32. The molecule has 1 aliphatic heterocycles. The van der Waals surface area contributed by atoms with E-state index in [-0.39, 0.29) is 0 Å². The van der Waals surface area contributed by atoms with Crippen LogP contribution in [0.25, 0.3) is 10.9 Å². The highest BCUT2D eigenvalue weighted by molar-refractivity contribution is 9.10. The van der Waals surface area contributed by atoms with Crippen LogP contribution in [-0.4, -0.2) is 44.3 Å². The number of halogens is 1. The normalized spacial score (nSPS) is 15.6. The first-order valence-corrected chi connectivity index (χ1v) is 9.49. The molecule has 25 heavy (non-hydrogen) atoms. The molecule has 6 nitrogen and oxygen atoms in total. The summed E-state index contributed by atoms with van der Waals surface area (Å²) in [6.45, 7) is 4.41. The van der Waals surface area contributed by atoms with Crippen LogP contribution in [0.3, 0.4) is 0 Å². The number of rotatable bonds is 5. The van der Waals surface area contributed by atoms with Crippen LogP contribution in [-0.2, 0) is 6.54 Å². The van der Waals surface area contributed by atoms with Crippen molar-refractivity contribution in [1.29, 1.82) is 0 Å². The zero-order valence-corrected chi connectivity index (χ0v) is 15.6. The Kier molecular flexibility index (Phi) is 4.94. The quantitative estimate of drug-likeness (QED) is 0.705. The molecule has 0 bridgehead atoms. The first-order chi connectivity index (χ1) is 12.3. The molecule has 7 heteroatoms. The molecule has 1 aliphatic rings. The SMILES string of the molecule is Brc1ccc2ncnc(Nc3cnn(CCN4CCCCC4)c3)c2c1. The van der Waals surface area contributed by atoms with Gasteiger partial charge >= 0.3 is 0 Å². The number of hydrogen-bond donors (Lipinski definition) is 1. The van der Waals surface area contributed by atoms with Crippen molar-refractivity contribution >= 4 is 38.3 Å². The van der Waals surface area contributed by atoms with E-state index in [1.807, 2.05) is 35.3 Å². The Morgan fingerprint density at radius 2 is 1.96 bits per heavy atom. The van der Waals surface area contributed by atoms with E-state index in [9.17, 15) is 0 Å². The third-order valence-corrected chi connectivity index (χ3v) is 5.08. The molecule has 3 aromatic rings. The predicted molar refractivity (Wildman–Crippen MR) is 103 cm³/mol. The van der Waals surface area contributed by atoms with Crippen molar-refractivity contribution in [3.05, 3.63) is 41.4 Å². The van der Waals surface area contributed by atoms with Gasteiger partial charge in [-0.1, -0.05) is 22.4 Å². The molecule has 1 saturated heterocycles. The van der Waals surface area contributed by atoms with E-state index in [1.54, 1.807) is 6.33 Å². The highest BCUT2D eigenvalue weighted by Gasteiger charge is 2.10. The van der Waals surface area contributed by atoms with Crippen LogP contribution in [0.1, 0.15) is 19.3 Å². The van der Waals surface area contributed by atoms with E-state index in [2.05, 4.69) is 41.2 Å². The fourth-order valence-electron chi connectivity index (χ4n) is 3.24. The molecule has 4 rings (SSSR count). The summed E-state index contributed by atoms with van der Waals surface area (Å²) < 4.78 is 3.01. The largest absolute Gasteiger partial charge is 0.337 e. The molecule has 0 radical (unpaired) electrons. The summed E-state index contributed by atoms with van der Waals surface area (Å²) in [5, 5.41) is 8.82. The third kappa shape index (κ3) is 3.99. The Morgan fingerprint density at radius 1 is 1.08 bits per heavy atom. The van der Waals surface area contributed by atoms with E-state index in [1.165, 1.54) is 32.4 Å². The third-order valence-electron chi connectivity index (χ3n) is 4.59. The maximum Gasteiger partial charge on any atom is 0.141 e. The summed E-state index contributed by atoms with van der Waals surface area (Å²) >= 11 is 3.51. The Balaban J connectivity index is 1.45. The molecule has 2 aromatic heterocycles. The molecule has 130 valence electrons. The second-order valence-electron chi connectivity index (χ2n) is 6.40. The lowest BCUT2D eigenvalue weighted by Crippen LogP contribution is -2.32. The van der Waals surface area contributed by atoms with Gasteiger partial charge in [0.05, 0.1) is 23.9 Å². The number of benzene rings is 1. The molecule has 0 saturated carbocycles. The Hall–Kier alpha value is -1.99. The van der Waals surface area contributed by atoms with Gasteiger partial charge < -0.3 is 10.2 Å². The lowest BCUT2D eigenvalue weighted by Gasteiger charge is -2.26. The van der Waals surface area contributed by atoms with Crippen molar-refractivity contribution in [2.24, 2.45) is 0 Å². The van der Waals surface area contributed by atoms with Gasteiger partial charge in [-0.05, 0) is 44.1 Å². The summed E-state index contributed by atoms with van der Waals surface area (Å²) in [6, 6.07) is 5.99. The smallest absolute Gasteiger partial charge is 0.141 e. The Labute approximate surface area is 155 Å². The standard InChI is InChI=1S/C18H21BrN6/c19-14-4-5-17-16(10-14)18(21-13-20-17)23-15-11-22-25(12-15)9-8-24-6-2-1-3-7-24/h4-5,10-13H,1-3,6-9H2,(H,20,21,23). The first kappa shape index (κ1) is 16.5. The molecule has 0 amide bonds. The fraction of sp³-hybridized carbons (Fsp3) is 0.389. The molecule has 0 aliphatic carbocycles. The number of piperidine rings is 1. The molecule has 1 fully saturated rings. The van der Waals surface area contributed by atoms with Crippen LogP contribution in [0, 0.1) is 0 Å². The molecule has 0 unspecified atom stereocenters. The van der Waals surface area contributed by atoms with Crippen molar-refractivity contribution < 1.29 is 0 Å². The van der Waals surface area contributed by atoms with Crippen molar-refractivity contribution in [2.45, 2.75) is 25.8 Å². The number of aromatic nitrogens is 4. The Morgan fingerprint density at radius 3 is 2.84 bits per heavy atom. The average Bonchev–Trinajstić information content (AvgIpc) is 3.09. The monoisotopic (exact) mass is 400 g/mol. The highest BCUT2D eigenvalue weighted by atomic mass is 79.9. The number of hydrogen-bond acceptors (Lipinski definition) is 5. The van der Waals surface area contributed by atoms with Gasteiger partial charge in [-0.15, -0.1) is 0 Å². The minimum atomic E-state index is 0.793. The van der Waals surface area contributed by atoms with E-state index in [0.717, 1.165) is 40.0 Å². The predicted octanol–water partition coefficient (Wildman–Crippen LogP) is 3.82. The summed E-state index contributed by atoms with van der Waals surface area (Å²) in [4.78, 5) is 11.2. The summed E-state index contributed by atoms with van der Waals surface area (Å²) in [7, 11) is 0. The topological polar surface area (TPSA) is 58.9 Å². The van der Waals surface area contributed by atoms with Gasteiger partial charge in [0, 0.05) is 22.6 Å². The molecule has 1 N–H and O–H groups in total. The van der Waals surface area contributed by atoms with Gasteiger partial charge in [-0.3, -0.25) is 4.68 Å². The highest BCUT2D eigenvalue weighted by Crippen LogP contribution is 2.25. The van der Waals surface area contributed by atoms with E-state index in [0.29, 0.717) is 0 Å². The second kappa shape index (κ2) is 7.49. The van der Waals surface area contributed by atoms with E-state index in [4.69, 9.17) is 0 Å². The van der Waals surface area contributed by atoms with Crippen LogP contribution in [0.2, 0.25) is 0 Å².